The maximum absolute atomic E-state index is 12.7. The topological polar surface area (TPSA) is 40.0 Å². The predicted octanol–water partition coefficient (Wildman–Crippen LogP) is 2.19. The van der Waals surface area contributed by atoms with Crippen molar-refractivity contribution in [1.29, 1.82) is 0 Å². The van der Waals surface area contributed by atoms with Gasteiger partial charge in [-0.05, 0) is 18.2 Å². The summed E-state index contributed by atoms with van der Waals surface area (Å²) >= 11 is 0. The van der Waals surface area contributed by atoms with Gasteiger partial charge in [0.25, 0.3) is 0 Å². The summed E-state index contributed by atoms with van der Waals surface area (Å²) in [6.07, 6.45) is -4.35. The molecule has 2 aliphatic heterocycles. The molecule has 0 saturated heterocycles. The van der Waals surface area contributed by atoms with Gasteiger partial charge in [-0.3, -0.25) is 10.3 Å². The van der Waals surface area contributed by atoms with Crippen molar-refractivity contribution in [2.45, 2.75) is 6.18 Å². The first-order chi connectivity index (χ1) is 8.97. The molecular weight excluding hydrogens is 257 g/mol. The second-order valence-corrected chi connectivity index (χ2v) is 4.39. The molecule has 100 valence electrons. The van der Waals surface area contributed by atoms with Crippen LogP contribution >= 0.6 is 0 Å². The summed E-state index contributed by atoms with van der Waals surface area (Å²) in [5, 5.41) is 3.01. The molecule has 0 bridgehead atoms. The van der Waals surface area contributed by atoms with Crippen LogP contribution in [0.4, 0.5) is 24.5 Å². The Morgan fingerprint density at radius 3 is 2.84 bits per heavy atom. The summed E-state index contributed by atoms with van der Waals surface area (Å²) in [6, 6.07) is 3.57. The Hall–Kier alpha value is -1.89. The first kappa shape index (κ1) is 12.2. The predicted molar refractivity (Wildman–Crippen MR) is 67.2 cm³/mol. The summed E-state index contributed by atoms with van der Waals surface area (Å²) in [5.74, 6) is 0.714. The van der Waals surface area contributed by atoms with E-state index in [9.17, 15) is 13.2 Å². The molecule has 0 radical (unpaired) electrons. The third kappa shape index (κ3) is 1.99. The lowest BCUT2D eigenvalue weighted by molar-refractivity contribution is -0.137. The van der Waals surface area contributed by atoms with Gasteiger partial charge in [0.1, 0.15) is 0 Å². The van der Waals surface area contributed by atoms with Crippen LogP contribution in [0.2, 0.25) is 0 Å². The molecule has 0 unspecified atom stereocenters. The van der Waals surface area contributed by atoms with Crippen molar-refractivity contribution in [3.8, 4) is 0 Å². The van der Waals surface area contributed by atoms with Crippen LogP contribution in [0.1, 0.15) is 5.56 Å². The minimum absolute atomic E-state index is 0.329. The minimum atomic E-state index is -4.35. The second kappa shape index (κ2) is 4.06. The second-order valence-electron chi connectivity index (χ2n) is 4.39. The van der Waals surface area contributed by atoms with Crippen LogP contribution in [0.3, 0.4) is 0 Å². The lowest BCUT2D eigenvalue weighted by Crippen LogP contribution is -2.45. The zero-order valence-corrected chi connectivity index (χ0v) is 10.1. The number of fused-ring (bicyclic) bond motifs is 2. The zero-order valence-electron chi connectivity index (χ0n) is 10.1. The number of rotatable bonds is 0. The summed E-state index contributed by atoms with van der Waals surface area (Å²) in [6.45, 7) is 1.01. The van der Waals surface area contributed by atoms with Gasteiger partial charge >= 0.3 is 6.18 Å². The van der Waals surface area contributed by atoms with E-state index in [4.69, 9.17) is 0 Å². The number of benzene rings is 1. The Morgan fingerprint density at radius 1 is 1.32 bits per heavy atom. The van der Waals surface area contributed by atoms with Gasteiger partial charge in [0.2, 0.25) is 0 Å². The van der Waals surface area contributed by atoms with Gasteiger partial charge in [0.15, 0.2) is 5.84 Å². The maximum Gasteiger partial charge on any atom is 0.416 e. The van der Waals surface area contributed by atoms with Gasteiger partial charge in [-0.1, -0.05) is 0 Å². The van der Waals surface area contributed by atoms with Crippen LogP contribution in [-0.4, -0.2) is 31.8 Å². The standard InChI is InChI=1S/C12H11F3N4/c1-19-10-3-2-7(12(13,14)15)4-8(10)18-9-5-16-6-17-11(9)19/h2-4,16H,5-6H2,1H3. The largest absolute Gasteiger partial charge is 0.416 e. The van der Waals surface area contributed by atoms with Crippen molar-refractivity contribution in [2.75, 3.05) is 25.2 Å². The minimum Gasteiger partial charge on any atom is -0.326 e. The van der Waals surface area contributed by atoms with E-state index in [0.717, 1.165) is 12.1 Å². The van der Waals surface area contributed by atoms with E-state index in [2.05, 4.69) is 15.3 Å². The molecule has 0 spiro atoms. The Balaban J connectivity index is 2.12. The molecule has 0 aromatic heterocycles. The molecule has 0 fully saturated rings. The molecule has 4 nitrogen and oxygen atoms in total. The van der Waals surface area contributed by atoms with E-state index < -0.39 is 11.7 Å². The molecule has 1 aromatic carbocycles. The fourth-order valence-corrected chi connectivity index (χ4v) is 2.20. The molecule has 1 aromatic rings. The first-order valence-corrected chi connectivity index (χ1v) is 5.75. The molecule has 3 rings (SSSR count). The Morgan fingerprint density at radius 2 is 2.11 bits per heavy atom. The number of hydrogen-bond acceptors (Lipinski definition) is 4. The van der Waals surface area contributed by atoms with Crippen LogP contribution in [-0.2, 0) is 6.18 Å². The zero-order chi connectivity index (χ0) is 13.6. The third-order valence-electron chi connectivity index (χ3n) is 3.13. The number of alkyl halides is 3. The number of hydrogen-bond donors (Lipinski definition) is 1. The van der Waals surface area contributed by atoms with Gasteiger partial charge < -0.3 is 4.90 Å². The van der Waals surface area contributed by atoms with Crippen LogP contribution in [0, 0.1) is 0 Å². The van der Waals surface area contributed by atoms with Gasteiger partial charge in [0.05, 0.1) is 29.3 Å². The van der Waals surface area contributed by atoms with Crippen molar-refractivity contribution in [3.63, 3.8) is 0 Å². The average molecular weight is 268 g/mol. The Labute approximate surface area is 107 Å². The van der Waals surface area contributed by atoms with E-state index in [1.165, 1.54) is 6.07 Å². The van der Waals surface area contributed by atoms with Crippen LogP contribution in [0.5, 0.6) is 0 Å². The first-order valence-electron chi connectivity index (χ1n) is 5.75. The Kier molecular flexibility index (Phi) is 2.60. The highest BCUT2D eigenvalue weighted by atomic mass is 19.4. The fourth-order valence-electron chi connectivity index (χ4n) is 2.20. The lowest BCUT2D eigenvalue weighted by atomic mass is 10.1. The number of aliphatic imine (C=N–C) groups is 2. The number of nitrogens with one attached hydrogen (secondary N) is 1. The van der Waals surface area contributed by atoms with Crippen molar-refractivity contribution in [2.24, 2.45) is 9.98 Å². The van der Waals surface area contributed by atoms with Gasteiger partial charge in [0, 0.05) is 13.6 Å². The summed E-state index contributed by atoms with van der Waals surface area (Å²) in [5.41, 5.74) is 0.945. The number of nitrogens with zero attached hydrogens (tertiary/aromatic N) is 3. The number of halogens is 3. The van der Waals surface area contributed by atoms with Crippen molar-refractivity contribution in [3.05, 3.63) is 23.8 Å². The van der Waals surface area contributed by atoms with Crippen molar-refractivity contribution < 1.29 is 13.2 Å². The highest BCUT2D eigenvalue weighted by Crippen LogP contribution is 2.38. The molecule has 19 heavy (non-hydrogen) atoms. The Bertz CT molecular complexity index is 589. The van der Waals surface area contributed by atoms with E-state index >= 15 is 0 Å². The molecule has 7 heteroatoms. The van der Waals surface area contributed by atoms with Gasteiger partial charge in [-0.2, -0.15) is 13.2 Å². The molecule has 1 N–H and O–H groups in total. The van der Waals surface area contributed by atoms with Crippen molar-refractivity contribution >= 4 is 22.9 Å². The molecular formula is C12H11F3N4. The van der Waals surface area contributed by atoms with E-state index in [0.29, 0.717) is 36.1 Å². The van der Waals surface area contributed by atoms with Gasteiger partial charge in [-0.15, -0.1) is 0 Å². The highest BCUT2D eigenvalue weighted by Gasteiger charge is 2.33. The van der Waals surface area contributed by atoms with E-state index in [-0.39, 0.29) is 0 Å². The smallest absolute Gasteiger partial charge is 0.326 e. The maximum atomic E-state index is 12.7. The molecule has 0 amide bonds. The fraction of sp³-hybridized carbons (Fsp3) is 0.333. The monoisotopic (exact) mass is 268 g/mol. The highest BCUT2D eigenvalue weighted by molar-refractivity contribution is 6.49. The summed E-state index contributed by atoms with van der Waals surface area (Å²) in [4.78, 5) is 10.3. The van der Waals surface area contributed by atoms with Crippen molar-refractivity contribution in [1.82, 2.24) is 5.32 Å². The summed E-state index contributed by atoms with van der Waals surface area (Å²) in [7, 11) is 1.78. The molecule has 0 atom stereocenters. The van der Waals surface area contributed by atoms with Crippen LogP contribution < -0.4 is 10.2 Å². The summed E-state index contributed by atoms with van der Waals surface area (Å²) < 4.78 is 38.1. The third-order valence-corrected chi connectivity index (χ3v) is 3.13. The van der Waals surface area contributed by atoms with Crippen LogP contribution in [0.15, 0.2) is 28.2 Å². The lowest BCUT2D eigenvalue weighted by Gasteiger charge is -2.30. The molecule has 2 aliphatic rings. The number of amidine groups is 1. The van der Waals surface area contributed by atoms with E-state index in [1.807, 2.05) is 0 Å². The normalized spacial score (nSPS) is 18.4. The van der Waals surface area contributed by atoms with E-state index in [1.54, 1.807) is 11.9 Å². The molecule has 2 heterocycles. The average Bonchev–Trinajstić information content (AvgIpc) is 2.37. The quantitative estimate of drug-likeness (QED) is 0.783. The van der Waals surface area contributed by atoms with Gasteiger partial charge in [-0.25, -0.2) is 4.99 Å². The molecule has 0 saturated carbocycles. The number of anilines is 1. The SMILES string of the molecule is CN1C2=NCNCC2=Nc2cc(C(F)(F)F)ccc21. The van der Waals surface area contributed by atoms with Crippen LogP contribution in [0.25, 0.3) is 0 Å². The molecule has 0 aliphatic carbocycles.